The third-order valence-electron chi connectivity index (χ3n) is 9.48. The summed E-state index contributed by atoms with van der Waals surface area (Å²) in [7, 11) is 0. The van der Waals surface area contributed by atoms with Crippen LogP contribution in [0.25, 0.3) is 0 Å². The lowest BCUT2D eigenvalue weighted by atomic mass is 10.00. The maximum Gasteiger partial charge on any atom is 0.334 e. The summed E-state index contributed by atoms with van der Waals surface area (Å²) in [5.74, 6) is -0.117. The molecule has 0 saturated carbocycles. The molecule has 0 spiro atoms. The van der Waals surface area contributed by atoms with Crippen LogP contribution in [0.15, 0.2) is 11.6 Å². The van der Waals surface area contributed by atoms with Crippen molar-refractivity contribution in [2.75, 3.05) is 0 Å². The van der Waals surface area contributed by atoms with Crippen molar-refractivity contribution in [3.05, 3.63) is 11.6 Å². The molecule has 0 radical (unpaired) electrons. The third kappa shape index (κ3) is 17.4. The van der Waals surface area contributed by atoms with E-state index in [2.05, 4.69) is 6.92 Å². The highest BCUT2D eigenvalue weighted by atomic mass is 16.5. The molecule has 5 heteroatoms. The number of rotatable bonds is 28. The Labute approximate surface area is 259 Å². The van der Waals surface area contributed by atoms with Gasteiger partial charge in [0.1, 0.15) is 6.10 Å². The molecule has 0 amide bonds. The molecule has 0 unspecified atom stereocenters. The monoisotopic (exact) mass is 593 g/mol. The summed E-state index contributed by atoms with van der Waals surface area (Å²) in [6, 6.07) is 0. The minimum atomic E-state index is -0.390. The van der Waals surface area contributed by atoms with Gasteiger partial charge in [-0.3, -0.25) is 0 Å². The van der Waals surface area contributed by atoms with Gasteiger partial charge in [-0.2, -0.15) is 0 Å². The Kier molecular flexibility index (Phi) is 21.7. The highest BCUT2D eigenvalue weighted by Gasteiger charge is 2.34. The molecule has 246 valence electrons. The van der Waals surface area contributed by atoms with E-state index in [1.54, 1.807) is 0 Å². The Bertz CT molecular complexity index is 692. The van der Waals surface area contributed by atoms with Crippen molar-refractivity contribution >= 4 is 5.97 Å². The first-order chi connectivity index (χ1) is 20.5. The first-order valence-electron chi connectivity index (χ1n) is 18.4. The summed E-state index contributed by atoms with van der Waals surface area (Å²) in [6.45, 7) is 4.19. The number of esters is 1. The lowest BCUT2D eigenvalue weighted by Crippen LogP contribution is -2.31. The number of cyclic esters (lactones) is 1. The van der Waals surface area contributed by atoms with Gasteiger partial charge >= 0.3 is 5.97 Å². The molecule has 0 aromatic heterocycles. The van der Waals surface area contributed by atoms with E-state index in [4.69, 9.17) is 9.47 Å². The normalized spacial score (nSPS) is 22.0. The number of aliphatic hydroxyl groups excluding tert-OH is 2. The van der Waals surface area contributed by atoms with E-state index in [0.717, 1.165) is 56.9 Å². The van der Waals surface area contributed by atoms with E-state index in [1.807, 2.05) is 13.0 Å². The molecule has 2 rings (SSSR count). The molecular weight excluding hydrogens is 524 g/mol. The van der Waals surface area contributed by atoms with E-state index >= 15 is 0 Å². The fourth-order valence-corrected chi connectivity index (χ4v) is 6.72. The lowest BCUT2D eigenvalue weighted by Gasteiger charge is -2.22. The van der Waals surface area contributed by atoms with Gasteiger partial charge in [0.2, 0.25) is 0 Å². The molecule has 2 N–H and O–H groups in total. The number of hydrogen-bond donors (Lipinski definition) is 2. The molecule has 5 atom stereocenters. The molecule has 2 aliphatic heterocycles. The Morgan fingerprint density at radius 2 is 1.02 bits per heavy atom. The van der Waals surface area contributed by atoms with Gasteiger partial charge in [0.15, 0.2) is 0 Å². The van der Waals surface area contributed by atoms with E-state index in [9.17, 15) is 15.0 Å². The predicted molar refractivity (Wildman–Crippen MR) is 175 cm³/mol. The summed E-state index contributed by atoms with van der Waals surface area (Å²) in [5, 5.41) is 21.3. The average Bonchev–Trinajstić information content (AvgIpc) is 3.60. The maximum atomic E-state index is 11.6. The average molecular weight is 593 g/mol. The van der Waals surface area contributed by atoms with Crippen LogP contribution in [0.3, 0.4) is 0 Å². The summed E-state index contributed by atoms with van der Waals surface area (Å²) >= 11 is 0. The fourth-order valence-electron chi connectivity index (χ4n) is 6.72. The minimum Gasteiger partial charge on any atom is -0.455 e. The zero-order valence-corrected chi connectivity index (χ0v) is 27.7. The zero-order valence-electron chi connectivity index (χ0n) is 27.7. The van der Waals surface area contributed by atoms with Crippen LogP contribution in [0, 0.1) is 0 Å². The number of carbonyl (C=O) groups excluding carboxylic acids is 1. The van der Waals surface area contributed by atoms with Gasteiger partial charge in [-0.15, -0.1) is 0 Å². The SMILES string of the molecule is CCCCCCCCCCCCCC[C@@H](O)[C@@H]1CC[C@H]([C@@H](O)CCCCCCCCCCCCC2=C[C@H](C)OC2=O)O1. The van der Waals surface area contributed by atoms with Crippen molar-refractivity contribution in [3.8, 4) is 0 Å². The topological polar surface area (TPSA) is 76.0 Å². The Morgan fingerprint density at radius 1 is 0.643 bits per heavy atom. The molecule has 0 aromatic rings. The van der Waals surface area contributed by atoms with Gasteiger partial charge in [-0.05, 0) is 51.5 Å². The van der Waals surface area contributed by atoms with Crippen LogP contribution in [-0.2, 0) is 14.3 Å². The number of ether oxygens (including phenoxy) is 2. The van der Waals surface area contributed by atoms with Crippen LogP contribution >= 0.6 is 0 Å². The largest absolute Gasteiger partial charge is 0.455 e. The molecule has 0 aromatic carbocycles. The summed E-state index contributed by atoms with van der Waals surface area (Å²) in [6.07, 6.45) is 33.4. The standard InChI is InChI=1S/C37H68O5/c1-3-4-5-6-7-8-9-10-14-17-20-23-26-33(38)35-28-29-36(42-35)34(39)27-24-21-18-15-12-11-13-16-19-22-25-32-30-31(2)41-37(32)40/h30-31,33-36,38-39H,3-29H2,1-2H3/t31-,33+,34-,35-,36+/m0/s1. The van der Waals surface area contributed by atoms with Gasteiger partial charge in [0.05, 0.1) is 24.4 Å². The molecule has 2 heterocycles. The van der Waals surface area contributed by atoms with Gasteiger partial charge in [-0.25, -0.2) is 4.79 Å². The van der Waals surface area contributed by atoms with E-state index in [-0.39, 0.29) is 36.5 Å². The van der Waals surface area contributed by atoms with Gasteiger partial charge in [0.25, 0.3) is 0 Å². The summed E-state index contributed by atoms with van der Waals surface area (Å²) < 4.78 is 11.3. The zero-order chi connectivity index (χ0) is 30.3. The quantitative estimate of drug-likeness (QED) is 0.0698. The molecule has 42 heavy (non-hydrogen) atoms. The van der Waals surface area contributed by atoms with Crippen molar-refractivity contribution in [3.63, 3.8) is 0 Å². The maximum absolute atomic E-state index is 11.6. The van der Waals surface area contributed by atoms with Crippen molar-refractivity contribution in [2.45, 2.75) is 218 Å². The second-order valence-corrected chi connectivity index (χ2v) is 13.5. The number of aliphatic hydroxyl groups is 2. The fraction of sp³-hybridized carbons (Fsp3) is 0.919. The second-order valence-electron chi connectivity index (χ2n) is 13.5. The number of unbranched alkanes of at least 4 members (excludes halogenated alkanes) is 20. The first-order valence-corrected chi connectivity index (χ1v) is 18.4. The molecule has 5 nitrogen and oxygen atoms in total. The van der Waals surface area contributed by atoms with Crippen molar-refractivity contribution in [1.82, 2.24) is 0 Å². The van der Waals surface area contributed by atoms with Crippen LogP contribution in [0.1, 0.15) is 187 Å². The second kappa shape index (κ2) is 24.4. The van der Waals surface area contributed by atoms with Crippen LogP contribution in [0.2, 0.25) is 0 Å². The van der Waals surface area contributed by atoms with E-state index in [0.29, 0.717) is 0 Å². The van der Waals surface area contributed by atoms with Gasteiger partial charge < -0.3 is 19.7 Å². The summed E-state index contributed by atoms with van der Waals surface area (Å²) in [4.78, 5) is 11.6. The highest BCUT2D eigenvalue weighted by Crippen LogP contribution is 2.28. The van der Waals surface area contributed by atoms with Crippen molar-refractivity contribution in [2.24, 2.45) is 0 Å². The molecule has 0 aliphatic carbocycles. The van der Waals surface area contributed by atoms with Crippen LogP contribution in [0.4, 0.5) is 0 Å². The first kappa shape index (κ1) is 37.3. The number of carbonyl (C=O) groups is 1. The summed E-state index contributed by atoms with van der Waals surface area (Å²) in [5.41, 5.74) is 0.870. The predicted octanol–water partition coefficient (Wildman–Crippen LogP) is 9.90. The Hall–Kier alpha value is -0.910. The molecule has 1 fully saturated rings. The lowest BCUT2D eigenvalue weighted by molar-refractivity contribution is -0.139. The molecular formula is C37H68O5. The van der Waals surface area contributed by atoms with E-state index < -0.39 is 0 Å². The van der Waals surface area contributed by atoms with Crippen molar-refractivity contribution in [1.29, 1.82) is 0 Å². The Morgan fingerprint density at radius 3 is 1.40 bits per heavy atom. The molecule has 1 saturated heterocycles. The van der Waals surface area contributed by atoms with Crippen LogP contribution in [0.5, 0.6) is 0 Å². The number of hydrogen-bond acceptors (Lipinski definition) is 5. The molecule has 2 aliphatic rings. The van der Waals surface area contributed by atoms with E-state index in [1.165, 1.54) is 122 Å². The Balaban J connectivity index is 1.33. The van der Waals surface area contributed by atoms with Gasteiger partial charge in [0, 0.05) is 5.57 Å². The van der Waals surface area contributed by atoms with Crippen LogP contribution < -0.4 is 0 Å². The highest BCUT2D eigenvalue weighted by molar-refractivity contribution is 5.90. The smallest absolute Gasteiger partial charge is 0.334 e. The van der Waals surface area contributed by atoms with Crippen molar-refractivity contribution < 1.29 is 24.5 Å². The van der Waals surface area contributed by atoms with Gasteiger partial charge in [-0.1, -0.05) is 142 Å². The minimum absolute atomic E-state index is 0.0446. The van der Waals surface area contributed by atoms with Crippen LogP contribution in [-0.4, -0.2) is 46.7 Å². The molecule has 0 bridgehead atoms. The third-order valence-corrected chi connectivity index (χ3v) is 9.48.